The Morgan fingerprint density at radius 1 is 1.32 bits per heavy atom. The van der Waals surface area contributed by atoms with Gasteiger partial charge in [-0.15, -0.1) is 0 Å². The Kier molecular flexibility index (Phi) is 3.54. The molecule has 22 heavy (non-hydrogen) atoms. The van der Waals surface area contributed by atoms with Crippen molar-refractivity contribution in [3.05, 3.63) is 28.0 Å². The Hall–Kier alpha value is -2.11. The van der Waals surface area contributed by atoms with Gasteiger partial charge in [0, 0.05) is 20.1 Å². The van der Waals surface area contributed by atoms with Gasteiger partial charge in [-0.25, -0.2) is 4.98 Å². The van der Waals surface area contributed by atoms with Gasteiger partial charge in [-0.05, 0) is 25.2 Å². The fourth-order valence-electron chi connectivity index (χ4n) is 3.43. The van der Waals surface area contributed by atoms with Crippen molar-refractivity contribution in [3.63, 3.8) is 0 Å². The molecule has 1 amide bonds. The first-order valence-electron chi connectivity index (χ1n) is 7.62. The minimum atomic E-state index is -0.247. The summed E-state index contributed by atoms with van der Waals surface area (Å²) in [4.78, 5) is 31.3. The van der Waals surface area contributed by atoms with Gasteiger partial charge in [-0.1, -0.05) is 13.8 Å². The van der Waals surface area contributed by atoms with Gasteiger partial charge in [0.15, 0.2) is 0 Å². The summed E-state index contributed by atoms with van der Waals surface area (Å²) in [6.45, 7) is 7.45. The molecule has 2 aromatic heterocycles. The van der Waals surface area contributed by atoms with E-state index >= 15 is 0 Å². The van der Waals surface area contributed by atoms with Crippen LogP contribution >= 0.6 is 0 Å². The molecule has 0 bridgehead atoms. The van der Waals surface area contributed by atoms with Crippen molar-refractivity contribution < 1.29 is 9.21 Å². The average molecular weight is 303 g/mol. The molecule has 0 saturated carbocycles. The third-order valence-corrected chi connectivity index (χ3v) is 4.32. The third kappa shape index (κ3) is 2.32. The zero-order chi connectivity index (χ0) is 16.0. The first-order chi connectivity index (χ1) is 10.4. The molecule has 2 atom stereocenters. The molecule has 0 radical (unpaired) electrons. The van der Waals surface area contributed by atoms with E-state index in [-0.39, 0.29) is 17.2 Å². The number of carbonyl (C=O) groups excluding carboxylic acids is 1. The van der Waals surface area contributed by atoms with Crippen LogP contribution in [0.3, 0.4) is 0 Å². The molecule has 1 fully saturated rings. The lowest BCUT2D eigenvalue weighted by Gasteiger charge is -2.34. The normalized spacial score (nSPS) is 22.3. The minimum Gasteiger partial charge on any atom is -0.442 e. The molecule has 6 nitrogen and oxygen atoms in total. The highest BCUT2D eigenvalue weighted by Gasteiger charge is 2.30. The van der Waals surface area contributed by atoms with E-state index in [2.05, 4.69) is 18.8 Å². The van der Waals surface area contributed by atoms with Gasteiger partial charge in [0.1, 0.15) is 17.5 Å². The molecule has 3 rings (SSSR count). The number of aromatic nitrogens is 2. The number of fused-ring (bicyclic) bond motifs is 1. The molecule has 2 aromatic rings. The van der Waals surface area contributed by atoms with Crippen LogP contribution in [0.25, 0.3) is 11.1 Å². The van der Waals surface area contributed by atoms with Crippen molar-refractivity contribution in [3.8, 4) is 0 Å². The average Bonchev–Trinajstić information content (AvgIpc) is 2.78. The maximum atomic E-state index is 12.9. The van der Waals surface area contributed by atoms with Gasteiger partial charge in [0.25, 0.3) is 11.5 Å². The summed E-state index contributed by atoms with van der Waals surface area (Å²) in [5.41, 5.74) is 0.357. The van der Waals surface area contributed by atoms with Crippen molar-refractivity contribution >= 4 is 17.0 Å². The number of furan rings is 1. The van der Waals surface area contributed by atoms with Crippen LogP contribution in [0.15, 0.2) is 15.5 Å². The standard InChI is InChI=1S/C16H21N3O3/c1-9-5-10(2)7-19(6-9)16(21)12-11(3)22-14-13(12)15(20)18(4)8-17-14/h8-10H,5-7H2,1-4H3/t9-,10-/m0/s1. The Labute approximate surface area is 128 Å². The molecule has 0 N–H and O–H groups in total. The van der Waals surface area contributed by atoms with Gasteiger partial charge >= 0.3 is 0 Å². The highest BCUT2D eigenvalue weighted by Crippen LogP contribution is 2.26. The van der Waals surface area contributed by atoms with E-state index < -0.39 is 0 Å². The molecule has 0 aliphatic carbocycles. The smallest absolute Gasteiger partial charge is 0.265 e. The second-order valence-corrected chi connectivity index (χ2v) is 6.53. The van der Waals surface area contributed by atoms with Crippen LogP contribution in [-0.4, -0.2) is 33.4 Å². The number of amides is 1. The Bertz CT molecular complexity index is 780. The first kappa shape index (κ1) is 14.8. The Balaban J connectivity index is 2.09. The number of likely N-dealkylation sites (tertiary alicyclic amines) is 1. The fraction of sp³-hybridized carbons (Fsp3) is 0.562. The number of hydrogen-bond acceptors (Lipinski definition) is 4. The summed E-state index contributed by atoms with van der Waals surface area (Å²) in [6.07, 6.45) is 2.53. The summed E-state index contributed by atoms with van der Waals surface area (Å²) in [5.74, 6) is 1.26. The predicted molar refractivity (Wildman–Crippen MR) is 82.8 cm³/mol. The number of hydrogen-bond donors (Lipinski definition) is 0. The van der Waals surface area contributed by atoms with Crippen LogP contribution in [0.1, 0.15) is 36.4 Å². The maximum absolute atomic E-state index is 12.9. The lowest BCUT2D eigenvalue weighted by atomic mass is 9.91. The van der Waals surface area contributed by atoms with Crippen molar-refractivity contribution in [2.24, 2.45) is 18.9 Å². The second-order valence-electron chi connectivity index (χ2n) is 6.53. The third-order valence-electron chi connectivity index (χ3n) is 4.32. The summed E-state index contributed by atoms with van der Waals surface area (Å²) in [7, 11) is 1.62. The van der Waals surface area contributed by atoms with E-state index in [9.17, 15) is 9.59 Å². The molecule has 0 spiro atoms. The quantitative estimate of drug-likeness (QED) is 0.807. The zero-order valence-electron chi connectivity index (χ0n) is 13.4. The van der Waals surface area contributed by atoms with Crippen LogP contribution in [0.5, 0.6) is 0 Å². The number of rotatable bonds is 1. The Morgan fingerprint density at radius 3 is 2.59 bits per heavy atom. The number of carbonyl (C=O) groups is 1. The SMILES string of the molecule is Cc1oc2ncn(C)c(=O)c2c1C(=O)N1C[C@@H](C)C[C@H](C)C1. The Morgan fingerprint density at radius 2 is 1.95 bits per heavy atom. The van der Waals surface area contributed by atoms with E-state index in [1.165, 1.54) is 10.9 Å². The van der Waals surface area contributed by atoms with Gasteiger partial charge in [-0.3, -0.25) is 9.59 Å². The van der Waals surface area contributed by atoms with E-state index in [0.717, 1.165) is 19.5 Å². The molecule has 0 aromatic carbocycles. The van der Waals surface area contributed by atoms with E-state index in [1.54, 1.807) is 14.0 Å². The fourth-order valence-corrected chi connectivity index (χ4v) is 3.43. The van der Waals surface area contributed by atoms with Crippen LogP contribution in [0.2, 0.25) is 0 Å². The second kappa shape index (κ2) is 5.26. The predicted octanol–water partition coefficient (Wildman–Crippen LogP) is 1.95. The van der Waals surface area contributed by atoms with Crippen LogP contribution in [0.4, 0.5) is 0 Å². The van der Waals surface area contributed by atoms with Crippen molar-refractivity contribution in [1.82, 2.24) is 14.5 Å². The topological polar surface area (TPSA) is 68.3 Å². The van der Waals surface area contributed by atoms with E-state index in [0.29, 0.717) is 28.5 Å². The van der Waals surface area contributed by atoms with Crippen molar-refractivity contribution in [1.29, 1.82) is 0 Å². The summed E-state index contributed by atoms with van der Waals surface area (Å²) in [6, 6.07) is 0. The maximum Gasteiger partial charge on any atom is 0.265 e. The number of aryl methyl sites for hydroxylation is 2. The largest absolute Gasteiger partial charge is 0.442 e. The van der Waals surface area contributed by atoms with Gasteiger partial charge in [-0.2, -0.15) is 0 Å². The molecule has 6 heteroatoms. The van der Waals surface area contributed by atoms with Crippen LogP contribution in [0, 0.1) is 18.8 Å². The highest BCUT2D eigenvalue weighted by molar-refractivity contribution is 6.06. The van der Waals surface area contributed by atoms with Crippen LogP contribution < -0.4 is 5.56 Å². The van der Waals surface area contributed by atoms with E-state index in [4.69, 9.17) is 4.42 Å². The summed E-state index contributed by atoms with van der Waals surface area (Å²) in [5, 5.41) is 0.290. The number of nitrogens with zero attached hydrogens (tertiary/aromatic N) is 3. The molecule has 0 unspecified atom stereocenters. The van der Waals surface area contributed by atoms with E-state index in [1.807, 2.05) is 4.90 Å². The lowest BCUT2D eigenvalue weighted by molar-refractivity contribution is 0.0623. The lowest BCUT2D eigenvalue weighted by Crippen LogP contribution is -2.43. The monoisotopic (exact) mass is 303 g/mol. The summed E-state index contributed by atoms with van der Waals surface area (Å²) >= 11 is 0. The molecule has 1 saturated heterocycles. The highest BCUT2D eigenvalue weighted by atomic mass is 16.3. The summed E-state index contributed by atoms with van der Waals surface area (Å²) < 4.78 is 6.90. The molecule has 1 aliphatic rings. The van der Waals surface area contributed by atoms with Gasteiger partial charge in [0.05, 0.1) is 5.56 Å². The molecule has 118 valence electrons. The van der Waals surface area contributed by atoms with Crippen LogP contribution in [-0.2, 0) is 7.05 Å². The van der Waals surface area contributed by atoms with Crippen molar-refractivity contribution in [2.45, 2.75) is 27.2 Å². The first-order valence-corrected chi connectivity index (χ1v) is 7.62. The molecular weight excluding hydrogens is 282 g/mol. The number of piperidine rings is 1. The van der Waals surface area contributed by atoms with Gasteiger partial charge in [0.2, 0.25) is 5.71 Å². The van der Waals surface area contributed by atoms with Crippen molar-refractivity contribution in [2.75, 3.05) is 13.1 Å². The van der Waals surface area contributed by atoms with Gasteiger partial charge < -0.3 is 13.9 Å². The minimum absolute atomic E-state index is 0.125. The molecule has 3 heterocycles. The zero-order valence-corrected chi connectivity index (χ0v) is 13.4. The molecule has 1 aliphatic heterocycles. The molecular formula is C16H21N3O3.